The van der Waals surface area contributed by atoms with Crippen LogP contribution in [0.15, 0.2) is 48.5 Å². The van der Waals surface area contributed by atoms with Crippen LogP contribution in [0.2, 0.25) is 0 Å². The molecule has 6 nitrogen and oxygen atoms in total. The van der Waals surface area contributed by atoms with Gasteiger partial charge in [0.15, 0.2) is 0 Å². The second kappa shape index (κ2) is 7.43. The number of carbonyl (C=O) groups excluding carboxylic acids is 1. The monoisotopic (exact) mass is 378 g/mol. The number of nitrogens with one attached hydrogen (secondary N) is 1. The summed E-state index contributed by atoms with van der Waals surface area (Å²) in [6.07, 6.45) is 0.368. The van der Waals surface area contributed by atoms with E-state index in [0.717, 1.165) is 0 Å². The molecule has 0 saturated carbocycles. The van der Waals surface area contributed by atoms with Gasteiger partial charge in [-0.25, -0.2) is 17.5 Å². The SMILES string of the molecule is COc1ccc(N2CC[C@H](NS(=O)(=O)Cc3cccc(F)c3)C2=O)cc1. The highest BCUT2D eigenvalue weighted by atomic mass is 32.2. The van der Waals surface area contributed by atoms with Crippen molar-refractivity contribution in [1.29, 1.82) is 0 Å². The second-order valence-electron chi connectivity index (χ2n) is 6.04. The molecule has 3 rings (SSSR count). The first-order valence-electron chi connectivity index (χ1n) is 8.08. The molecule has 138 valence electrons. The van der Waals surface area contributed by atoms with E-state index in [9.17, 15) is 17.6 Å². The zero-order valence-corrected chi connectivity index (χ0v) is 15.0. The Morgan fingerprint density at radius 3 is 2.62 bits per heavy atom. The van der Waals surface area contributed by atoms with Gasteiger partial charge in [-0.05, 0) is 48.4 Å². The lowest BCUT2D eigenvalue weighted by Gasteiger charge is -2.17. The normalized spacial score (nSPS) is 17.5. The van der Waals surface area contributed by atoms with E-state index in [1.54, 1.807) is 31.4 Å². The molecule has 1 aliphatic rings. The summed E-state index contributed by atoms with van der Waals surface area (Å²) in [5.74, 6) is -0.511. The molecule has 0 aromatic heterocycles. The molecule has 1 amide bonds. The fourth-order valence-corrected chi connectivity index (χ4v) is 4.27. The second-order valence-corrected chi connectivity index (χ2v) is 7.79. The van der Waals surface area contributed by atoms with Gasteiger partial charge in [-0.2, -0.15) is 0 Å². The van der Waals surface area contributed by atoms with Gasteiger partial charge < -0.3 is 9.64 Å². The van der Waals surface area contributed by atoms with Crippen molar-refractivity contribution in [2.45, 2.75) is 18.2 Å². The van der Waals surface area contributed by atoms with Crippen LogP contribution in [-0.4, -0.2) is 34.0 Å². The Morgan fingerprint density at radius 2 is 1.96 bits per heavy atom. The number of hydrogen-bond donors (Lipinski definition) is 1. The maximum Gasteiger partial charge on any atom is 0.245 e. The average molecular weight is 378 g/mol. The summed E-state index contributed by atoms with van der Waals surface area (Å²) in [7, 11) is -2.21. The maximum atomic E-state index is 13.2. The Morgan fingerprint density at radius 1 is 1.23 bits per heavy atom. The van der Waals surface area contributed by atoms with E-state index in [2.05, 4.69) is 4.72 Å². The Kier molecular flexibility index (Phi) is 5.24. The van der Waals surface area contributed by atoms with Gasteiger partial charge in [0.2, 0.25) is 15.9 Å². The Hall–Kier alpha value is -2.45. The molecule has 0 unspecified atom stereocenters. The van der Waals surface area contributed by atoms with Crippen LogP contribution in [0, 0.1) is 5.82 Å². The molecule has 0 aliphatic carbocycles. The van der Waals surface area contributed by atoms with E-state index < -0.39 is 21.9 Å². The largest absolute Gasteiger partial charge is 0.497 e. The van der Waals surface area contributed by atoms with Crippen LogP contribution in [0.25, 0.3) is 0 Å². The minimum absolute atomic E-state index is 0.307. The van der Waals surface area contributed by atoms with Gasteiger partial charge in [0, 0.05) is 12.2 Å². The van der Waals surface area contributed by atoms with Crippen molar-refractivity contribution in [2.75, 3.05) is 18.6 Å². The lowest BCUT2D eigenvalue weighted by Crippen LogP contribution is -2.42. The van der Waals surface area contributed by atoms with Crippen LogP contribution in [0.1, 0.15) is 12.0 Å². The first kappa shape index (κ1) is 18.3. The van der Waals surface area contributed by atoms with Crippen molar-refractivity contribution in [1.82, 2.24) is 4.72 Å². The van der Waals surface area contributed by atoms with Gasteiger partial charge in [-0.1, -0.05) is 12.1 Å². The molecule has 2 aromatic carbocycles. The Bertz CT molecular complexity index is 900. The molecule has 1 heterocycles. The molecule has 1 saturated heterocycles. The molecule has 1 fully saturated rings. The van der Waals surface area contributed by atoms with Crippen LogP contribution in [0.3, 0.4) is 0 Å². The predicted molar refractivity (Wildman–Crippen MR) is 95.9 cm³/mol. The van der Waals surface area contributed by atoms with Crippen molar-refractivity contribution >= 4 is 21.6 Å². The summed E-state index contributed by atoms with van der Waals surface area (Å²) in [6.45, 7) is 0.415. The van der Waals surface area contributed by atoms with Gasteiger partial charge in [0.25, 0.3) is 0 Å². The molecule has 0 radical (unpaired) electrons. The zero-order valence-electron chi connectivity index (χ0n) is 14.2. The summed E-state index contributed by atoms with van der Waals surface area (Å²) in [4.78, 5) is 14.1. The van der Waals surface area contributed by atoms with E-state index in [-0.39, 0.29) is 11.7 Å². The molecule has 8 heteroatoms. The first-order chi connectivity index (χ1) is 12.4. The van der Waals surface area contributed by atoms with E-state index >= 15 is 0 Å². The number of benzene rings is 2. The minimum atomic E-state index is -3.77. The molecule has 1 N–H and O–H groups in total. The predicted octanol–water partition coefficient (Wildman–Crippen LogP) is 2.06. The Labute approximate surface area is 151 Å². The van der Waals surface area contributed by atoms with Gasteiger partial charge in [0.05, 0.1) is 12.9 Å². The van der Waals surface area contributed by atoms with Crippen LogP contribution >= 0.6 is 0 Å². The van der Waals surface area contributed by atoms with Crippen molar-refractivity contribution < 1.29 is 22.3 Å². The maximum absolute atomic E-state index is 13.2. The van der Waals surface area contributed by atoms with E-state index in [1.807, 2.05) is 0 Å². The van der Waals surface area contributed by atoms with Gasteiger partial charge in [-0.3, -0.25) is 4.79 Å². The number of anilines is 1. The third-order valence-electron chi connectivity index (χ3n) is 4.16. The van der Waals surface area contributed by atoms with Gasteiger partial charge in [-0.15, -0.1) is 0 Å². The van der Waals surface area contributed by atoms with Gasteiger partial charge in [0.1, 0.15) is 17.6 Å². The van der Waals surface area contributed by atoms with Gasteiger partial charge >= 0.3 is 0 Å². The number of sulfonamides is 1. The van der Waals surface area contributed by atoms with E-state index in [4.69, 9.17) is 4.74 Å². The summed E-state index contributed by atoms with van der Waals surface area (Å²) in [6, 6.07) is 11.6. The highest BCUT2D eigenvalue weighted by Crippen LogP contribution is 2.24. The molecule has 1 atom stereocenters. The average Bonchev–Trinajstić information content (AvgIpc) is 2.94. The number of nitrogens with zero attached hydrogens (tertiary/aromatic N) is 1. The first-order valence-corrected chi connectivity index (χ1v) is 9.73. The van der Waals surface area contributed by atoms with Crippen LogP contribution < -0.4 is 14.4 Å². The molecule has 26 heavy (non-hydrogen) atoms. The zero-order chi connectivity index (χ0) is 18.7. The summed E-state index contributed by atoms with van der Waals surface area (Å²) >= 11 is 0. The number of hydrogen-bond acceptors (Lipinski definition) is 4. The summed E-state index contributed by atoms with van der Waals surface area (Å²) in [5, 5.41) is 0. The number of amides is 1. The molecular weight excluding hydrogens is 359 g/mol. The molecule has 1 aliphatic heterocycles. The van der Waals surface area contributed by atoms with Crippen molar-refractivity contribution in [3.05, 3.63) is 59.9 Å². The quantitative estimate of drug-likeness (QED) is 0.835. The summed E-state index contributed by atoms with van der Waals surface area (Å²) in [5.41, 5.74) is 1.01. The Balaban J connectivity index is 1.67. The number of carbonyl (C=O) groups is 1. The third kappa shape index (κ3) is 4.20. The lowest BCUT2D eigenvalue weighted by molar-refractivity contribution is -0.118. The highest BCUT2D eigenvalue weighted by Gasteiger charge is 2.35. The van der Waals surface area contributed by atoms with Crippen LogP contribution in [0.5, 0.6) is 5.75 Å². The smallest absolute Gasteiger partial charge is 0.245 e. The van der Waals surface area contributed by atoms with E-state index in [1.165, 1.54) is 29.2 Å². The van der Waals surface area contributed by atoms with Crippen molar-refractivity contribution in [3.63, 3.8) is 0 Å². The fourth-order valence-electron chi connectivity index (χ4n) is 2.91. The minimum Gasteiger partial charge on any atom is -0.497 e. The van der Waals surface area contributed by atoms with Crippen molar-refractivity contribution in [2.24, 2.45) is 0 Å². The molecule has 0 spiro atoms. The molecule has 0 bridgehead atoms. The topological polar surface area (TPSA) is 75.7 Å². The third-order valence-corrected chi connectivity index (χ3v) is 5.51. The molecule has 2 aromatic rings. The van der Waals surface area contributed by atoms with Crippen LogP contribution in [-0.2, 0) is 20.6 Å². The van der Waals surface area contributed by atoms with Crippen molar-refractivity contribution in [3.8, 4) is 5.75 Å². The lowest BCUT2D eigenvalue weighted by atomic mass is 10.2. The summed E-state index contributed by atoms with van der Waals surface area (Å²) < 4.78 is 45.4. The number of rotatable bonds is 6. The van der Waals surface area contributed by atoms with E-state index in [0.29, 0.717) is 30.0 Å². The number of halogens is 1. The highest BCUT2D eigenvalue weighted by molar-refractivity contribution is 7.88. The fraction of sp³-hybridized carbons (Fsp3) is 0.278. The molecular formula is C18H19FN2O4S. The standard InChI is InChI=1S/C18H19FN2O4S/c1-25-16-7-5-15(6-8-16)21-10-9-17(18(21)22)20-26(23,24)12-13-3-2-4-14(19)11-13/h2-8,11,17,20H,9-10,12H2,1H3/t17-/m0/s1. The number of methoxy groups -OCH3 is 1. The number of ether oxygens (including phenoxy) is 1. The van der Waals surface area contributed by atoms with Crippen LogP contribution in [0.4, 0.5) is 10.1 Å².